The van der Waals surface area contributed by atoms with Crippen LogP contribution in [0.15, 0.2) is 15.9 Å². The van der Waals surface area contributed by atoms with Crippen molar-refractivity contribution < 1.29 is 4.79 Å². The van der Waals surface area contributed by atoms with Gasteiger partial charge in [-0.25, -0.2) is 0 Å². The van der Waals surface area contributed by atoms with Crippen LogP contribution in [0.2, 0.25) is 0 Å². The number of hydrogen-bond donors (Lipinski definition) is 1. The van der Waals surface area contributed by atoms with Crippen molar-refractivity contribution in [2.24, 2.45) is 11.7 Å². The van der Waals surface area contributed by atoms with Crippen LogP contribution in [0.3, 0.4) is 0 Å². The Morgan fingerprint density at radius 3 is 2.78 bits per heavy atom. The second kappa shape index (κ2) is 6.68. The monoisotopic (exact) mass is 330 g/mol. The van der Waals surface area contributed by atoms with Gasteiger partial charge in [0.25, 0.3) is 0 Å². The quantitative estimate of drug-likeness (QED) is 0.922. The number of halogens is 1. The molecule has 1 aliphatic rings. The molecule has 0 bridgehead atoms. The predicted molar refractivity (Wildman–Crippen MR) is 78.7 cm³/mol. The summed E-state index contributed by atoms with van der Waals surface area (Å²) in [6.07, 6.45) is 3.60. The number of nitrogens with two attached hydrogens (primary N) is 1. The van der Waals surface area contributed by atoms with Gasteiger partial charge in [-0.05, 0) is 53.7 Å². The van der Waals surface area contributed by atoms with E-state index in [1.165, 1.54) is 4.88 Å². The Kier molecular flexibility index (Phi) is 5.21. The maximum absolute atomic E-state index is 12.1. The number of carbonyl (C=O) groups is 1. The molecule has 1 fully saturated rings. The fourth-order valence-corrected chi connectivity index (χ4v) is 3.75. The Hall–Kier alpha value is -0.390. The number of likely N-dealkylation sites (tertiary alicyclic amines) is 1. The molecule has 0 aliphatic carbocycles. The summed E-state index contributed by atoms with van der Waals surface area (Å²) >= 11 is 5.14. The van der Waals surface area contributed by atoms with Crippen molar-refractivity contribution in [3.05, 3.63) is 20.8 Å². The first-order chi connectivity index (χ1) is 8.69. The minimum absolute atomic E-state index is 0.287. The molecule has 1 amide bonds. The van der Waals surface area contributed by atoms with Crippen molar-refractivity contribution in [1.29, 1.82) is 0 Å². The van der Waals surface area contributed by atoms with E-state index in [0.29, 0.717) is 12.3 Å². The van der Waals surface area contributed by atoms with E-state index in [2.05, 4.69) is 27.4 Å². The fourth-order valence-electron chi connectivity index (χ4n) is 2.29. The Morgan fingerprint density at radius 2 is 2.22 bits per heavy atom. The first-order valence-electron chi connectivity index (χ1n) is 6.40. The smallest absolute Gasteiger partial charge is 0.222 e. The molecule has 0 saturated carbocycles. The van der Waals surface area contributed by atoms with Gasteiger partial charge in [-0.3, -0.25) is 4.79 Å². The SMILES string of the molecule is NCC1CCN(C(=O)CCc2cc(Br)cs2)CC1. The third-order valence-electron chi connectivity index (χ3n) is 3.51. The molecule has 1 saturated heterocycles. The van der Waals surface area contributed by atoms with Crippen LogP contribution in [-0.2, 0) is 11.2 Å². The van der Waals surface area contributed by atoms with E-state index < -0.39 is 0 Å². The average molecular weight is 331 g/mol. The lowest BCUT2D eigenvalue weighted by Crippen LogP contribution is -2.40. The van der Waals surface area contributed by atoms with Crippen molar-refractivity contribution >= 4 is 33.2 Å². The van der Waals surface area contributed by atoms with Crippen molar-refractivity contribution in [1.82, 2.24) is 4.90 Å². The molecule has 5 heteroatoms. The lowest BCUT2D eigenvalue weighted by molar-refractivity contribution is -0.132. The molecule has 18 heavy (non-hydrogen) atoms. The number of piperidine rings is 1. The molecule has 0 aromatic carbocycles. The molecule has 2 rings (SSSR count). The van der Waals surface area contributed by atoms with Gasteiger partial charge < -0.3 is 10.6 Å². The van der Waals surface area contributed by atoms with E-state index in [1.54, 1.807) is 11.3 Å². The molecule has 2 N–H and O–H groups in total. The van der Waals surface area contributed by atoms with Gasteiger partial charge in [0.2, 0.25) is 5.91 Å². The number of nitrogens with zero attached hydrogens (tertiary/aromatic N) is 1. The first-order valence-corrected chi connectivity index (χ1v) is 8.07. The van der Waals surface area contributed by atoms with Crippen LogP contribution < -0.4 is 5.73 Å². The van der Waals surface area contributed by atoms with Crippen molar-refractivity contribution in [3.8, 4) is 0 Å². The number of hydrogen-bond acceptors (Lipinski definition) is 3. The van der Waals surface area contributed by atoms with E-state index in [1.807, 2.05) is 4.90 Å². The summed E-state index contributed by atoms with van der Waals surface area (Å²) in [5.74, 6) is 0.900. The molecule has 1 aromatic rings. The van der Waals surface area contributed by atoms with Crippen molar-refractivity contribution in [3.63, 3.8) is 0 Å². The molecule has 2 heterocycles. The summed E-state index contributed by atoms with van der Waals surface area (Å²) in [5, 5.41) is 2.06. The summed E-state index contributed by atoms with van der Waals surface area (Å²) in [6.45, 7) is 2.52. The van der Waals surface area contributed by atoms with Crippen molar-refractivity contribution in [2.45, 2.75) is 25.7 Å². The lowest BCUT2D eigenvalue weighted by Gasteiger charge is -2.31. The maximum Gasteiger partial charge on any atom is 0.222 e. The topological polar surface area (TPSA) is 46.3 Å². The molecule has 3 nitrogen and oxygen atoms in total. The highest BCUT2D eigenvalue weighted by Crippen LogP contribution is 2.22. The van der Waals surface area contributed by atoms with Crippen LogP contribution in [0.4, 0.5) is 0 Å². The average Bonchev–Trinajstić information content (AvgIpc) is 2.82. The van der Waals surface area contributed by atoms with E-state index in [-0.39, 0.29) is 5.91 Å². The highest BCUT2D eigenvalue weighted by atomic mass is 79.9. The molecule has 1 aliphatic heterocycles. The van der Waals surface area contributed by atoms with E-state index in [0.717, 1.165) is 43.4 Å². The van der Waals surface area contributed by atoms with Gasteiger partial charge in [-0.2, -0.15) is 0 Å². The van der Waals surface area contributed by atoms with Crippen LogP contribution in [0.5, 0.6) is 0 Å². The molecule has 0 unspecified atom stereocenters. The van der Waals surface area contributed by atoms with E-state index >= 15 is 0 Å². The second-order valence-corrected chi connectivity index (χ2v) is 6.70. The summed E-state index contributed by atoms with van der Waals surface area (Å²) in [4.78, 5) is 15.3. The van der Waals surface area contributed by atoms with Crippen LogP contribution in [0.25, 0.3) is 0 Å². The molecule has 100 valence electrons. The van der Waals surface area contributed by atoms with Gasteiger partial charge in [0.15, 0.2) is 0 Å². The number of rotatable bonds is 4. The number of amides is 1. The van der Waals surface area contributed by atoms with Crippen LogP contribution in [0.1, 0.15) is 24.1 Å². The van der Waals surface area contributed by atoms with E-state index in [9.17, 15) is 4.79 Å². The third kappa shape index (κ3) is 3.80. The predicted octanol–water partition coefficient (Wildman–Crippen LogP) is 2.64. The summed E-state index contributed by atoms with van der Waals surface area (Å²) in [5.41, 5.74) is 5.66. The van der Waals surface area contributed by atoms with Gasteiger partial charge in [-0.15, -0.1) is 11.3 Å². The summed E-state index contributed by atoms with van der Waals surface area (Å²) in [6, 6.07) is 2.10. The lowest BCUT2D eigenvalue weighted by atomic mass is 9.97. The number of carbonyl (C=O) groups excluding carboxylic acids is 1. The molecule has 0 spiro atoms. The molecular weight excluding hydrogens is 312 g/mol. The molecule has 0 radical (unpaired) electrons. The number of aryl methyl sites for hydroxylation is 1. The van der Waals surface area contributed by atoms with Crippen LogP contribution >= 0.6 is 27.3 Å². The normalized spacial score (nSPS) is 17.1. The Labute approximate surface area is 120 Å². The molecule has 0 atom stereocenters. The molecule has 1 aromatic heterocycles. The van der Waals surface area contributed by atoms with Gasteiger partial charge in [0.05, 0.1) is 0 Å². The second-order valence-electron chi connectivity index (χ2n) is 4.79. The van der Waals surface area contributed by atoms with Gasteiger partial charge in [0.1, 0.15) is 0 Å². The standard InChI is InChI=1S/C13H19BrN2OS/c14-11-7-12(18-9-11)1-2-13(17)16-5-3-10(8-15)4-6-16/h7,9-10H,1-6,8,15H2. The van der Waals surface area contributed by atoms with Crippen LogP contribution in [-0.4, -0.2) is 30.4 Å². The Balaban J connectivity index is 1.75. The molecular formula is C13H19BrN2OS. The third-order valence-corrected chi connectivity index (χ3v) is 5.26. The summed E-state index contributed by atoms with van der Waals surface area (Å²) < 4.78 is 1.11. The largest absolute Gasteiger partial charge is 0.343 e. The Bertz CT molecular complexity index is 399. The summed E-state index contributed by atoms with van der Waals surface area (Å²) in [7, 11) is 0. The Morgan fingerprint density at radius 1 is 1.50 bits per heavy atom. The van der Waals surface area contributed by atoms with Crippen molar-refractivity contribution in [2.75, 3.05) is 19.6 Å². The van der Waals surface area contributed by atoms with Gasteiger partial charge in [-0.1, -0.05) is 0 Å². The zero-order chi connectivity index (χ0) is 13.0. The zero-order valence-electron chi connectivity index (χ0n) is 10.4. The highest BCUT2D eigenvalue weighted by molar-refractivity contribution is 9.10. The zero-order valence-corrected chi connectivity index (χ0v) is 12.8. The van der Waals surface area contributed by atoms with Crippen LogP contribution in [0, 0.1) is 5.92 Å². The maximum atomic E-state index is 12.1. The minimum Gasteiger partial charge on any atom is -0.343 e. The van der Waals surface area contributed by atoms with Gasteiger partial charge >= 0.3 is 0 Å². The van der Waals surface area contributed by atoms with Gasteiger partial charge in [0, 0.05) is 34.2 Å². The van der Waals surface area contributed by atoms with E-state index in [4.69, 9.17) is 5.73 Å². The fraction of sp³-hybridized carbons (Fsp3) is 0.615. The first kappa shape index (κ1) is 14.0. The number of thiophene rings is 1. The highest BCUT2D eigenvalue weighted by Gasteiger charge is 2.21. The minimum atomic E-state index is 0.287.